The molecule has 0 aliphatic carbocycles. The van der Waals surface area contributed by atoms with Crippen molar-refractivity contribution in [2.75, 3.05) is 11.9 Å². The summed E-state index contributed by atoms with van der Waals surface area (Å²) in [6.45, 7) is 0.373. The molecule has 1 atom stereocenters. The number of nitrogens with one attached hydrogen (secondary N) is 2. The number of aliphatic carboxylic acids is 1. The number of ether oxygens (including phenoxy) is 1. The summed E-state index contributed by atoms with van der Waals surface area (Å²) in [5.41, 5.74) is 3.30. The quantitative estimate of drug-likeness (QED) is 0.165. The Hall–Kier alpha value is -4.43. The Kier molecular flexibility index (Phi) is 10.1. The molecule has 0 saturated carbocycles. The Bertz CT molecular complexity index is 1440. The molecule has 8 heteroatoms. The van der Waals surface area contributed by atoms with Gasteiger partial charge < -0.3 is 20.5 Å². The smallest absolute Gasteiger partial charge is 0.326 e. The van der Waals surface area contributed by atoms with E-state index in [0.717, 1.165) is 22.4 Å². The molecule has 0 saturated heterocycles. The van der Waals surface area contributed by atoms with Gasteiger partial charge in [-0.25, -0.2) is 4.79 Å². The van der Waals surface area contributed by atoms with E-state index in [2.05, 4.69) is 26.6 Å². The molecule has 4 rings (SSSR count). The van der Waals surface area contributed by atoms with E-state index in [1.54, 1.807) is 18.2 Å². The highest BCUT2D eigenvalue weighted by atomic mass is 79.9. The third-order valence-electron chi connectivity index (χ3n) is 6.16. The Morgan fingerprint density at radius 1 is 0.825 bits per heavy atom. The number of carbonyl (C=O) groups is 3. The predicted octanol–water partition coefficient (Wildman–Crippen LogP) is 6.34. The molecule has 0 heterocycles. The summed E-state index contributed by atoms with van der Waals surface area (Å²) in [4.78, 5) is 37.8. The molecule has 4 aromatic rings. The predicted molar refractivity (Wildman–Crippen MR) is 158 cm³/mol. The van der Waals surface area contributed by atoms with Crippen LogP contribution in [-0.4, -0.2) is 35.5 Å². The number of hydrogen-bond acceptors (Lipinski definition) is 4. The van der Waals surface area contributed by atoms with Crippen LogP contribution in [0.4, 0.5) is 5.69 Å². The number of carboxylic acids is 1. The van der Waals surface area contributed by atoms with Crippen LogP contribution in [-0.2, 0) is 16.0 Å². The maximum Gasteiger partial charge on any atom is 0.326 e. The second-order valence-electron chi connectivity index (χ2n) is 9.13. The lowest BCUT2D eigenvalue weighted by atomic mass is 10.0. The normalized spacial score (nSPS) is 11.3. The Labute approximate surface area is 241 Å². The summed E-state index contributed by atoms with van der Waals surface area (Å²) < 4.78 is 6.24. The molecule has 0 radical (unpaired) electrons. The monoisotopic (exact) mass is 600 g/mol. The van der Waals surface area contributed by atoms with Crippen molar-refractivity contribution >= 4 is 39.4 Å². The molecule has 3 N–H and O–H groups in total. The minimum absolute atomic E-state index is 0.104. The number of amides is 2. The Balaban J connectivity index is 1.37. The highest BCUT2D eigenvalue weighted by Gasteiger charge is 2.23. The van der Waals surface area contributed by atoms with Gasteiger partial charge in [0, 0.05) is 17.3 Å². The molecule has 0 aliphatic heterocycles. The van der Waals surface area contributed by atoms with Crippen molar-refractivity contribution in [3.63, 3.8) is 0 Å². The number of para-hydroxylation sites is 1. The maximum atomic E-state index is 13.2. The molecule has 7 nitrogen and oxygen atoms in total. The van der Waals surface area contributed by atoms with E-state index in [0.29, 0.717) is 23.2 Å². The van der Waals surface area contributed by atoms with Crippen LogP contribution in [0.25, 0.3) is 11.1 Å². The molecule has 40 heavy (non-hydrogen) atoms. The van der Waals surface area contributed by atoms with Crippen molar-refractivity contribution in [2.45, 2.75) is 25.3 Å². The summed E-state index contributed by atoms with van der Waals surface area (Å²) in [5, 5.41) is 15.2. The molecule has 4 aromatic carbocycles. The molecule has 0 unspecified atom stereocenters. The van der Waals surface area contributed by atoms with E-state index >= 15 is 0 Å². The van der Waals surface area contributed by atoms with Gasteiger partial charge in [0.2, 0.25) is 5.91 Å². The van der Waals surface area contributed by atoms with Crippen LogP contribution in [0.5, 0.6) is 5.75 Å². The fraction of sp³-hybridized carbons (Fsp3) is 0.156. The van der Waals surface area contributed by atoms with E-state index in [1.807, 2.05) is 84.9 Å². The molecule has 0 spiro atoms. The van der Waals surface area contributed by atoms with Gasteiger partial charge in [-0.05, 0) is 53.4 Å². The van der Waals surface area contributed by atoms with Gasteiger partial charge in [0.05, 0.1) is 17.9 Å². The fourth-order valence-corrected chi connectivity index (χ4v) is 4.46. The summed E-state index contributed by atoms with van der Waals surface area (Å²) in [7, 11) is 0. The zero-order chi connectivity index (χ0) is 28.3. The third kappa shape index (κ3) is 8.28. The lowest BCUT2D eigenvalue weighted by molar-refractivity contribution is -0.139. The minimum Gasteiger partial charge on any atom is -0.494 e. The first-order valence-electron chi connectivity index (χ1n) is 12.8. The van der Waals surface area contributed by atoms with Gasteiger partial charge in [-0.15, -0.1) is 0 Å². The molecule has 0 aliphatic rings. The standard InChI is InChI=1S/C32H29BrN2O5/c33-25-17-18-28(34-30(36)12-7-19-40-26-10-5-2-6-11-26)27(21-25)31(37)35-29(32(38)39)20-22-13-15-24(16-14-22)23-8-3-1-4-9-23/h1-6,8-11,13-18,21,29H,7,12,19-20H2,(H,34,36)(H,35,37)(H,38,39)/t29-/m0/s1. The highest BCUT2D eigenvalue weighted by Crippen LogP contribution is 2.23. The lowest BCUT2D eigenvalue weighted by Gasteiger charge is -2.17. The van der Waals surface area contributed by atoms with Gasteiger partial charge in [-0.2, -0.15) is 0 Å². The number of rotatable bonds is 12. The van der Waals surface area contributed by atoms with E-state index in [9.17, 15) is 19.5 Å². The van der Waals surface area contributed by atoms with Crippen LogP contribution in [0, 0.1) is 0 Å². The van der Waals surface area contributed by atoms with Crippen molar-refractivity contribution in [3.05, 3.63) is 119 Å². The SMILES string of the molecule is O=C(CCCOc1ccccc1)Nc1ccc(Br)cc1C(=O)N[C@@H](Cc1ccc(-c2ccccc2)cc1)C(=O)O. The van der Waals surface area contributed by atoms with Crippen LogP contribution in [0.1, 0.15) is 28.8 Å². The topological polar surface area (TPSA) is 105 Å². The van der Waals surface area contributed by atoms with E-state index < -0.39 is 17.9 Å². The van der Waals surface area contributed by atoms with Crippen LogP contribution in [0.15, 0.2) is 108 Å². The van der Waals surface area contributed by atoms with Crippen molar-refractivity contribution < 1.29 is 24.2 Å². The molecule has 0 bridgehead atoms. The first kappa shape index (κ1) is 28.6. The molecule has 204 valence electrons. The summed E-state index contributed by atoms with van der Waals surface area (Å²) in [6.07, 6.45) is 0.789. The first-order chi connectivity index (χ1) is 19.4. The number of hydrogen-bond donors (Lipinski definition) is 3. The van der Waals surface area contributed by atoms with Gasteiger partial charge in [0.15, 0.2) is 0 Å². The maximum absolute atomic E-state index is 13.2. The number of halogens is 1. The number of carbonyl (C=O) groups excluding carboxylic acids is 2. The summed E-state index contributed by atoms with van der Waals surface area (Å²) in [6, 6.07) is 30.5. The van der Waals surface area contributed by atoms with Crippen molar-refractivity contribution in [2.24, 2.45) is 0 Å². The molecule has 2 amide bonds. The number of benzene rings is 4. The van der Waals surface area contributed by atoms with Gasteiger partial charge in [0.25, 0.3) is 5.91 Å². The molecule has 0 aromatic heterocycles. The van der Waals surface area contributed by atoms with Gasteiger partial charge in [-0.3, -0.25) is 9.59 Å². The van der Waals surface area contributed by atoms with Crippen molar-refractivity contribution in [3.8, 4) is 16.9 Å². The average molecular weight is 601 g/mol. The largest absolute Gasteiger partial charge is 0.494 e. The van der Waals surface area contributed by atoms with Crippen LogP contribution in [0.3, 0.4) is 0 Å². The average Bonchev–Trinajstić information content (AvgIpc) is 2.97. The van der Waals surface area contributed by atoms with Crippen LogP contribution >= 0.6 is 15.9 Å². The Morgan fingerprint density at radius 2 is 1.48 bits per heavy atom. The third-order valence-corrected chi connectivity index (χ3v) is 6.66. The van der Waals surface area contributed by atoms with E-state index in [-0.39, 0.29) is 24.3 Å². The highest BCUT2D eigenvalue weighted by molar-refractivity contribution is 9.10. The molecule has 0 fully saturated rings. The first-order valence-corrected chi connectivity index (χ1v) is 13.6. The van der Waals surface area contributed by atoms with Crippen LogP contribution in [0.2, 0.25) is 0 Å². The van der Waals surface area contributed by atoms with Gasteiger partial charge in [-0.1, -0.05) is 88.7 Å². The second kappa shape index (κ2) is 14.1. The second-order valence-corrected chi connectivity index (χ2v) is 10.1. The minimum atomic E-state index is -1.16. The number of carboxylic acid groups (broad SMARTS) is 1. The fourth-order valence-electron chi connectivity index (χ4n) is 4.10. The lowest BCUT2D eigenvalue weighted by Crippen LogP contribution is -2.42. The van der Waals surface area contributed by atoms with Crippen molar-refractivity contribution in [1.82, 2.24) is 5.32 Å². The van der Waals surface area contributed by atoms with Crippen molar-refractivity contribution in [1.29, 1.82) is 0 Å². The van der Waals surface area contributed by atoms with E-state index in [1.165, 1.54) is 0 Å². The molecular formula is C32H29BrN2O5. The van der Waals surface area contributed by atoms with Gasteiger partial charge >= 0.3 is 5.97 Å². The zero-order valence-corrected chi connectivity index (χ0v) is 23.3. The zero-order valence-electron chi connectivity index (χ0n) is 21.7. The summed E-state index contributed by atoms with van der Waals surface area (Å²) in [5.74, 6) is -1.30. The number of anilines is 1. The van der Waals surface area contributed by atoms with E-state index in [4.69, 9.17) is 4.74 Å². The summed E-state index contributed by atoms with van der Waals surface area (Å²) >= 11 is 3.35. The Morgan fingerprint density at radius 3 is 2.15 bits per heavy atom. The van der Waals surface area contributed by atoms with Crippen LogP contribution < -0.4 is 15.4 Å². The van der Waals surface area contributed by atoms with Gasteiger partial charge in [0.1, 0.15) is 11.8 Å². The molecular weight excluding hydrogens is 572 g/mol.